The number of carbonyl (C=O) groups is 2. The van der Waals surface area contributed by atoms with Gasteiger partial charge in [-0.25, -0.2) is 8.42 Å². The molecule has 0 aliphatic carbocycles. The number of rotatable bonds is 12. The fourth-order valence-corrected chi connectivity index (χ4v) is 4.66. The molecule has 186 valence electrons. The molecule has 0 fully saturated rings. The zero-order valence-corrected chi connectivity index (χ0v) is 21.8. The first-order valence-corrected chi connectivity index (χ1v) is 13.6. The fraction of sp³-hybridized carbons (Fsp3) is 0.440. The van der Waals surface area contributed by atoms with Crippen molar-refractivity contribution in [2.45, 2.75) is 52.6 Å². The van der Waals surface area contributed by atoms with Crippen molar-refractivity contribution in [2.75, 3.05) is 23.7 Å². The van der Waals surface area contributed by atoms with Crippen molar-refractivity contribution >= 4 is 39.1 Å². The molecular weight excluding hydrogens is 474 g/mol. The van der Waals surface area contributed by atoms with Gasteiger partial charge in [-0.2, -0.15) is 0 Å². The van der Waals surface area contributed by atoms with Gasteiger partial charge in [0.25, 0.3) is 0 Å². The summed E-state index contributed by atoms with van der Waals surface area (Å²) >= 11 is 6.30. The molecule has 0 saturated carbocycles. The third kappa shape index (κ3) is 8.02. The second kappa shape index (κ2) is 12.8. The van der Waals surface area contributed by atoms with Gasteiger partial charge in [0.15, 0.2) is 0 Å². The number of aryl methyl sites for hydroxylation is 1. The first-order chi connectivity index (χ1) is 16.0. The van der Waals surface area contributed by atoms with Crippen LogP contribution in [0.4, 0.5) is 5.69 Å². The molecule has 0 heterocycles. The first-order valence-electron chi connectivity index (χ1n) is 11.4. The molecule has 0 radical (unpaired) electrons. The van der Waals surface area contributed by atoms with Gasteiger partial charge < -0.3 is 10.2 Å². The molecule has 0 aliphatic rings. The maximum atomic E-state index is 13.2. The van der Waals surface area contributed by atoms with Gasteiger partial charge >= 0.3 is 0 Å². The zero-order valence-electron chi connectivity index (χ0n) is 20.3. The first kappa shape index (κ1) is 27.7. The Hall–Kier alpha value is -2.58. The summed E-state index contributed by atoms with van der Waals surface area (Å²) in [6.45, 7) is 6.45. The number of nitrogens with one attached hydrogen (secondary N) is 1. The van der Waals surface area contributed by atoms with Crippen molar-refractivity contribution < 1.29 is 18.0 Å². The molecule has 0 aliphatic heterocycles. The highest BCUT2D eigenvalue weighted by Gasteiger charge is 2.27. The fourth-order valence-electron chi connectivity index (χ4n) is 3.50. The summed E-state index contributed by atoms with van der Waals surface area (Å²) in [6, 6.07) is 13.7. The van der Waals surface area contributed by atoms with E-state index in [-0.39, 0.29) is 31.3 Å². The summed E-state index contributed by atoms with van der Waals surface area (Å²) in [7, 11) is -3.52. The monoisotopic (exact) mass is 507 g/mol. The van der Waals surface area contributed by atoms with E-state index in [2.05, 4.69) is 5.32 Å². The SMILES string of the molecule is CCCNC(=O)[C@@H](C)N(Cc1ccccc1Cl)C(=O)CCCN(c1ccc(C)cc1)S(C)(=O)=O. The average molecular weight is 508 g/mol. The van der Waals surface area contributed by atoms with Gasteiger partial charge in [0.1, 0.15) is 6.04 Å². The summed E-state index contributed by atoms with van der Waals surface area (Å²) in [5.74, 6) is -0.476. The second-order valence-corrected chi connectivity index (χ2v) is 10.7. The summed E-state index contributed by atoms with van der Waals surface area (Å²) in [6.07, 6.45) is 2.34. The molecule has 2 amide bonds. The van der Waals surface area contributed by atoms with Crippen LogP contribution in [0, 0.1) is 6.92 Å². The third-order valence-corrected chi connectivity index (χ3v) is 7.05. The molecule has 0 spiro atoms. The molecule has 34 heavy (non-hydrogen) atoms. The van der Waals surface area contributed by atoms with Gasteiger partial charge in [0.05, 0.1) is 11.9 Å². The van der Waals surface area contributed by atoms with Crippen LogP contribution in [-0.4, -0.2) is 50.5 Å². The van der Waals surface area contributed by atoms with Crippen LogP contribution in [0.2, 0.25) is 5.02 Å². The Morgan fingerprint density at radius 2 is 1.74 bits per heavy atom. The Labute approximate surface area is 208 Å². The highest BCUT2D eigenvalue weighted by Crippen LogP contribution is 2.21. The van der Waals surface area contributed by atoms with Crippen LogP contribution in [0.3, 0.4) is 0 Å². The van der Waals surface area contributed by atoms with Gasteiger partial charge in [-0.05, 0) is 50.5 Å². The number of hydrogen-bond acceptors (Lipinski definition) is 4. The van der Waals surface area contributed by atoms with E-state index in [0.29, 0.717) is 23.7 Å². The predicted octanol–water partition coefficient (Wildman–Crippen LogP) is 4.14. The van der Waals surface area contributed by atoms with E-state index in [1.54, 1.807) is 31.2 Å². The molecule has 0 bridgehead atoms. The molecule has 0 unspecified atom stereocenters. The van der Waals surface area contributed by atoms with E-state index in [1.807, 2.05) is 38.1 Å². The van der Waals surface area contributed by atoms with Crippen LogP contribution in [0.1, 0.15) is 44.2 Å². The van der Waals surface area contributed by atoms with Crippen LogP contribution in [0.5, 0.6) is 0 Å². The third-order valence-electron chi connectivity index (χ3n) is 5.49. The minimum absolute atomic E-state index is 0.0910. The maximum absolute atomic E-state index is 13.2. The summed E-state index contributed by atoms with van der Waals surface area (Å²) < 4.78 is 26.0. The van der Waals surface area contributed by atoms with Crippen LogP contribution < -0.4 is 9.62 Å². The Morgan fingerprint density at radius 1 is 1.09 bits per heavy atom. The van der Waals surface area contributed by atoms with E-state index >= 15 is 0 Å². The lowest BCUT2D eigenvalue weighted by atomic mass is 10.1. The summed E-state index contributed by atoms with van der Waals surface area (Å²) in [4.78, 5) is 27.4. The van der Waals surface area contributed by atoms with Crippen molar-refractivity contribution in [2.24, 2.45) is 0 Å². The van der Waals surface area contributed by atoms with Crippen molar-refractivity contribution in [1.29, 1.82) is 0 Å². The van der Waals surface area contributed by atoms with Gasteiger partial charge in [-0.1, -0.05) is 54.4 Å². The number of carbonyl (C=O) groups excluding carboxylic acids is 2. The lowest BCUT2D eigenvalue weighted by Crippen LogP contribution is -2.47. The van der Waals surface area contributed by atoms with Gasteiger partial charge in [-0.15, -0.1) is 0 Å². The maximum Gasteiger partial charge on any atom is 0.242 e. The normalized spacial score (nSPS) is 12.1. The van der Waals surface area contributed by atoms with E-state index in [0.717, 1.165) is 23.8 Å². The van der Waals surface area contributed by atoms with Crippen molar-refractivity contribution in [3.8, 4) is 0 Å². The quantitative estimate of drug-likeness (QED) is 0.467. The number of benzene rings is 2. The van der Waals surface area contributed by atoms with Crippen molar-refractivity contribution in [1.82, 2.24) is 10.2 Å². The van der Waals surface area contributed by atoms with Gasteiger partial charge in [0.2, 0.25) is 21.8 Å². The molecule has 2 aromatic carbocycles. The van der Waals surface area contributed by atoms with E-state index in [9.17, 15) is 18.0 Å². The smallest absolute Gasteiger partial charge is 0.242 e. The topological polar surface area (TPSA) is 86.8 Å². The van der Waals surface area contributed by atoms with E-state index in [1.165, 1.54) is 9.21 Å². The van der Waals surface area contributed by atoms with Crippen LogP contribution >= 0.6 is 11.6 Å². The van der Waals surface area contributed by atoms with Crippen LogP contribution in [0.25, 0.3) is 0 Å². The summed E-state index contributed by atoms with van der Waals surface area (Å²) in [5, 5.41) is 3.35. The van der Waals surface area contributed by atoms with Crippen molar-refractivity contribution in [3.63, 3.8) is 0 Å². The number of halogens is 1. The van der Waals surface area contributed by atoms with Crippen molar-refractivity contribution in [3.05, 3.63) is 64.7 Å². The zero-order chi connectivity index (χ0) is 25.3. The van der Waals surface area contributed by atoms with E-state index in [4.69, 9.17) is 11.6 Å². The number of amides is 2. The Balaban J connectivity index is 2.15. The highest BCUT2D eigenvalue weighted by molar-refractivity contribution is 7.92. The number of hydrogen-bond donors (Lipinski definition) is 1. The molecule has 2 rings (SSSR count). The number of anilines is 1. The standard InChI is InChI=1S/C25H34ClN3O4S/c1-5-16-27-25(31)20(3)28(18-21-9-6-7-10-23(21)26)24(30)11-8-17-29(34(4,32)33)22-14-12-19(2)13-15-22/h6-7,9-10,12-15,20H,5,8,11,16-18H2,1-4H3,(H,27,31)/t20-/m1/s1. The largest absolute Gasteiger partial charge is 0.354 e. The van der Waals surface area contributed by atoms with Gasteiger partial charge in [-0.3, -0.25) is 13.9 Å². The predicted molar refractivity (Wildman–Crippen MR) is 137 cm³/mol. The molecule has 0 saturated heterocycles. The lowest BCUT2D eigenvalue weighted by molar-refractivity contribution is -0.140. The molecule has 2 aromatic rings. The average Bonchev–Trinajstić information content (AvgIpc) is 2.79. The molecule has 0 aromatic heterocycles. The lowest BCUT2D eigenvalue weighted by Gasteiger charge is -2.29. The van der Waals surface area contributed by atoms with E-state index < -0.39 is 16.1 Å². The molecule has 7 nitrogen and oxygen atoms in total. The molecule has 1 N–H and O–H groups in total. The minimum Gasteiger partial charge on any atom is -0.354 e. The number of sulfonamides is 1. The number of nitrogens with zero attached hydrogens (tertiary/aromatic N) is 2. The van der Waals surface area contributed by atoms with Gasteiger partial charge in [0, 0.05) is 31.1 Å². The Kier molecular flexibility index (Phi) is 10.4. The van der Waals surface area contributed by atoms with Crippen LogP contribution in [-0.2, 0) is 26.2 Å². The molecule has 1 atom stereocenters. The Morgan fingerprint density at radius 3 is 2.32 bits per heavy atom. The highest BCUT2D eigenvalue weighted by atomic mass is 35.5. The van der Waals surface area contributed by atoms with Crippen LogP contribution in [0.15, 0.2) is 48.5 Å². The summed E-state index contributed by atoms with van der Waals surface area (Å²) in [5.41, 5.74) is 2.32. The molecular formula is C25H34ClN3O4S. The Bertz CT molecular complexity index is 1070. The second-order valence-electron chi connectivity index (χ2n) is 8.35. The minimum atomic E-state index is -3.52. The molecule has 9 heteroatoms.